The van der Waals surface area contributed by atoms with E-state index in [0.29, 0.717) is 27.8 Å². The zero-order valence-electron chi connectivity index (χ0n) is 10.3. The van der Waals surface area contributed by atoms with E-state index < -0.39 is 11.9 Å². The Balaban J connectivity index is 2.75. The van der Waals surface area contributed by atoms with Crippen molar-refractivity contribution in [3.05, 3.63) is 35.3 Å². The molecular formula is C13H12FNO3. The lowest BCUT2D eigenvalue weighted by atomic mass is 10.1. The predicted molar refractivity (Wildman–Crippen MR) is 64.3 cm³/mol. The summed E-state index contributed by atoms with van der Waals surface area (Å²) in [5.74, 6) is -0.685. The summed E-state index contributed by atoms with van der Waals surface area (Å²) < 4.78 is 23.2. The summed E-state index contributed by atoms with van der Waals surface area (Å²) in [5, 5.41) is 0.633. The molecular weight excluding hydrogens is 237 g/mol. The van der Waals surface area contributed by atoms with Crippen LogP contribution in [-0.2, 0) is 4.74 Å². The SMILES string of the molecule is COC(=O)c1cc(OC)c2nc(F)c(C)cc2c1. The molecule has 5 heteroatoms. The predicted octanol–water partition coefficient (Wildman–Crippen LogP) is 2.48. The number of aromatic nitrogens is 1. The standard InChI is InChI=1S/C13H12FNO3/c1-7-4-8-5-9(13(16)18-3)6-10(17-2)11(8)15-12(7)14/h4-6H,1-3H3. The van der Waals surface area contributed by atoms with Crippen molar-refractivity contribution in [1.82, 2.24) is 4.98 Å². The van der Waals surface area contributed by atoms with Gasteiger partial charge in [0.25, 0.3) is 0 Å². The number of halogens is 1. The largest absolute Gasteiger partial charge is 0.494 e. The van der Waals surface area contributed by atoms with Crippen molar-refractivity contribution in [3.8, 4) is 5.75 Å². The van der Waals surface area contributed by atoms with Crippen LogP contribution in [0.15, 0.2) is 18.2 Å². The van der Waals surface area contributed by atoms with Gasteiger partial charge < -0.3 is 9.47 Å². The molecule has 0 radical (unpaired) electrons. The molecule has 18 heavy (non-hydrogen) atoms. The van der Waals surface area contributed by atoms with E-state index >= 15 is 0 Å². The molecule has 1 aromatic carbocycles. The molecule has 0 amide bonds. The van der Waals surface area contributed by atoms with E-state index in [1.54, 1.807) is 19.1 Å². The molecule has 0 unspecified atom stereocenters. The number of carbonyl (C=O) groups is 1. The molecule has 1 aromatic heterocycles. The van der Waals surface area contributed by atoms with Gasteiger partial charge in [0, 0.05) is 10.9 Å². The summed E-state index contributed by atoms with van der Waals surface area (Å²) in [4.78, 5) is 15.3. The lowest BCUT2D eigenvalue weighted by Gasteiger charge is -2.08. The molecule has 94 valence electrons. The lowest BCUT2D eigenvalue weighted by molar-refractivity contribution is 0.0600. The number of pyridine rings is 1. The fraction of sp³-hybridized carbons (Fsp3) is 0.231. The minimum Gasteiger partial charge on any atom is -0.494 e. The van der Waals surface area contributed by atoms with Crippen LogP contribution in [0.1, 0.15) is 15.9 Å². The smallest absolute Gasteiger partial charge is 0.338 e. The van der Waals surface area contributed by atoms with Gasteiger partial charge in [0.2, 0.25) is 5.95 Å². The summed E-state index contributed by atoms with van der Waals surface area (Å²) >= 11 is 0. The number of carbonyl (C=O) groups excluding carboxylic acids is 1. The van der Waals surface area contributed by atoms with Crippen molar-refractivity contribution < 1.29 is 18.7 Å². The van der Waals surface area contributed by atoms with Crippen LogP contribution in [0.25, 0.3) is 10.9 Å². The highest BCUT2D eigenvalue weighted by Gasteiger charge is 2.13. The Morgan fingerprint density at radius 3 is 2.61 bits per heavy atom. The third kappa shape index (κ3) is 1.99. The van der Waals surface area contributed by atoms with Crippen LogP contribution in [0.4, 0.5) is 4.39 Å². The summed E-state index contributed by atoms with van der Waals surface area (Å²) in [6.07, 6.45) is 0. The van der Waals surface area contributed by atoms with Crippen LogP contribution in [0.5, 0.6) is 5.75 Å². The first-order chi connectivity index (χ1) is 8.56. The second kappa shape index (κ2) is 4.60. The van der Waals surface area contributed by atoms with Crippen LogP contribution in [0.3, 0.4) is 0 Å². The van der Waals surface area contributed by atoms with Gasteiger partial charge in [-0.1, -0.05) is 0 Å². The van der Waals surface area contributed by atoms with Crippen LogP contribution >= 0.6 is 0 Å². The van der Waals surface area contributed by atoms with Crippen LogP contribution in [-0.4, -0.2) is 25.2 Å². The molecule has 0 spiro atoms. The van der Waals surface area contributed by atoms with E-state index in [2.05, 4.69) is 9.72 Å². The highest BCUT2D eigenvalue weighted by Crippen LogP contribution is 2.27. The molecule has 2 aromatic rings. The Morgan fingerprint density at radius 2 is 2.00 bits per heavy atom. The lowest BCUT2D eigenvalue weighted by Crippen LogP contribution is -2.03. The maximum atomic E-state index is 13.4. The Morgan fingerprint density at radius 1 is 1.28 bits per heavy atom. The average Bonchev–Trinajstić information content (AvgIpc) is 2.38. The van der Waals surface area contributed by atoms with E-state index in [0.717, 1.165) is 0 Å². The molecule has 0 aliphatic rings. The number of hydrogen-bond acceptors (Lipinski definition) is 4. The first kappa shape index (κ1) is 12.3. The monoisotopic (exact) mass is 249 g/mol. The van der Waals surface area contributed by atoms with Gasteiger partial charge in [-0.05, 0) is 25.1 Å². The van der Waals surface area contributed by atoms with E-state index in [1.807, 2.05) is 0 Å². The van der Waals surface area contributed by atoms with Crippen molar-refractivity contribution in [3.63, 3.8) is 0 Å². The molecule has 0 N–H and O–H groups in total. The van der Waals surface area contributed by atoms with E-state index in [-0.39, 0.29) is 0 Å². The van der Waals surface area contributed by atoms with Gasteiger partial charge in [0.15, 0.2) is 0 Å². The Hall–Kier alpha value is -2.17. The molecule has 2 rings (SSSR count). The Kier molecular flexibility index (Phi) is 3.14. The van der Waals surface area contributed by atoms with Gasteiger partial charge in [-0.3, -0.25) is 0 Å². The number of fused-ring (bicyclic) bond motifs is 1. The topological polar surface area (TPSA) is 48.4 Å². The molecule has 0 saturated carbocycles. The number of hydrogen-bond donors (Lipinski definition) is 0. The Labute approximate surface area is 103 Å². The van der Waals surface area contributed by atoms with E-state index in [9.17, 15) is 9.18 Å². The number of ether oxygens (including phenoxy) is 2. The molecule has 0 aliphatic heterocycles. The van der Waals surface area contributed by atoms with Crippen molar-refractivity contribution in [2.75, 3.05) is 14.2 Å². The summed E-state index contributed by atoms with van der Waals surface area (Å²) in [5.41, 5.74) is 1.13. The third-order valence-electron chi connectivity index (χ3n) is 2.65. The highest BCUT2D eigenvalue weighted by atomic mass is 19.1. The van der Waals surface area contributed by atoms with Gasteiger partial charge in [-0.2, -0.15) is 4.39 Å². The first-order valence-electron chi connectivity index (χ1n) is 5.30. The number of methoxy groups -OCH3 is 2. The summed E-state index contributed by atoms with van der Waals surface area (Å²) in [7, 11) is 2.74. The molecule has 0 fully saturated rings. The minimum atomic E-state index is -0.549. The normalized spacial score (nSPS) is 10.4. The first-order valence-corrected chi connectivity index (χ1v) is 5.30. The molecule has 0 atom stereocenters. The van der Waals surface area contributed by atoms with Gasteiger partial charge in [0.05, 0.1) is 19.8 Å². The van der Waals surface area contributed by atoms with Gasteiger partial charge in [-0.25, -0.2) is 9.78 Å². The minimum absolute atomic E-state index is 0.340. The fourth-order valence-corrected chi connectivity index (χ4v) is 1.73. The Bertz CT molecular complexity index is 625. The number of esters is 1. The van der Waals surface area contributed by atoms with Crippen molar-refractivity contribution >= 4 is 16.9 Å². The summed E-state index contributed by atoms with van der Waals surface area (Å²) in [6, 6.07) is 4.70. The highest BCUT2D eigenvalue weighted by molar-refractivity contribution is 5.97. The number of aryl methyl sites for hydroxylation is 1. The van der Waals surface area contributed by atoms with Crippen molar-refractivity contribution in [2.24, 2.45) is 0 Å². The molecule has 4 nitrogen and oxygen atoms in total. The van der Waals surface area contributed by atoms with Crippen LogP contribution < -0.4 is 4.74 Å². The van der Waals surface area contributed by atoms with Crippen molar-refractivity contribution in [1.29, 1.82) is 0 Å². The van der Waals surface area contributed by atoms with E-state index in [1.165, 1.54) is 20.3 Å². The third-order valence-corrected chi connectivity index (χ3v) is 2.65. The van der Waals surface area contributed by atoms with Gasteiger partial charge in [0.1, 0.15) is 11.3 Å². The second-order valence-corrected chi connectivity index (χ2v) is 3.84. The van der Waals surface area contributed by atoms with E-state index in [4.69, 9.17) is 4.74 Å². The quantitative estimate of drug-likeness (QED) is 0.606. The maximum absolute atomic E-state index is 13.4. The van der Waals surface area contributed by atoms with Crippen molar-refractivity contribution in [2.45, 2.75) is 6.92 Å². The average molecular weight is 249 g/mol. The molecule has 1 heterocycles. The number of nitrogens with zero attached hydrogens (tertiary/aromatic N) is 1. The maximum Gasteiger partial charge on any atom is 0.338 e. The summed E-state index contributed by atoms with van der Waals surface area (Å²) in [6.45, 7) is 1.61. The zero-order valence-corrected chi connectivity index (χ0v) is 10.3. The second-order valence-electron chi connectivity index (χ2n) is 3.84. The van der Waals surface area contributed by atoms with Gasteiger partial charge >= 0.3 is 5.97 Å². The van der Waals surface area contributed by atoms with Gasteiger partial charge in [-0.15, -0.1) is 0 Å². The molecule has 0 aliphatic carbocycles. The fourth-order valence-electron chi connectivity index (χ4n) is 1.73. The zero-order chi connectivity index (χ0) is 13.3. The molecule has 0 bridgehead atoms. The number of benzene rings is 1. The number of rotatable bonds is 2. The van der Waals surface area contributed by atoms with Crippen LogP contribution in [0.2, 0.25) is 0 Å². The van der Waals surface area contributed by atoms with Crippen LogP contribution in [0, 0.1) is 12.9 Å². The molecule has 0 saturated heterocycles.